The Balaban J connectivity index is 2.40. The van der Waals surface area contributed by atoms with Gasteiger partial charge >= 0.3 is 6.03 Å². The Morgan fingerprint density at radius 1 is 1.43 bits per heavy atom. The van der Waals surface area contributed by atoms with Gasteiger partial charge in [-0.2, -0.15) is 0 Å². The highest BCUT2D eigenvalue weighted by Crippen LogP contribution is 2.22. The molecule has 0 aliphatic heterocycles. The summed E-state index contributed by atoms with van der Waals surface area (Å²) in [5, 5.41) is 3.44. The third kappa shape index (κ3) is 6.23. The number of benzene rings is 1. The fourth-order valence-corrected chi connectivity index (χ4v) is 2.01. The number of hydrogen-bond acceptors (Lipinski definition) is 3. The van der Waals surface area contributed by atoms with Crippen LogP contribution in [0.25, 0.3) is 0 Å². The minimum absolute atomic E-state index is 0.0268. The second kappa shape index (κ2) is 9.47. The highest BCUT2D eigenvalue weighted by Gasteiger charge is 2.14. The predicted molar refractivity (Wildman–Crippen MR) is 84.1 cm³/mol. The Bertz CT molecular complexity index is 443. The Morgan fingerprint density at radius 3 is 2.76 bits per heavy atom. The first-order chi connectivity index (χ1) is 10.1. The average molecular weight is 315 g/mol. The van der Waals surface area contributed by atoms with Gasteiger partial charge in [-0.15, -0.1) is 0 Å². The van der Waals surface area contributed by atoms with Crippen LogP contribution in [0.4, 0.5) is 4.79 Å². The van der Waals surface area contributed by atoms with E-state index >= 15 is 0 Å². The summed E-state index contributed by atoms with van der Waals surface area (Å²) in [5.41, 5.74) is 0. The van der Waals surface area contributed by atoms with E-state index in [-0.39, 0.29) is 12.1 Å². The largest absolute Gasteiger partial charge is 0.490 e. The quantitative estimate of drug-likeness (QED) is 0.802. The van der Waals surface area contributed by atoms with Crippen LogP contribution in [0.3, 0.4) is 0 Å². The molecule has 1 aromatic carbocycles. The Morgan fingerprint density at radius 2 is 2.14 bits per heavy atom. The van der Waals surface area contributed by atoms with Crippen molar-refractivity contribution in [2.24, 2.45) is 0 Å². The number of rotatable bonds is 8. The summed E-state index contributed by atoms with van der Waals surface area (Å²) in [6, 6.07) is 7.13. The normalized spacial score (nSPS) is 11.8. The molecular formula is C15H23ClN2O3. The molecule has 1 aromatic rings. The first kappa shape index (κ1) is 17.6. The van der Waals surface area contributed by atoms with Crippen LogP contribution >= 0.6 is 11.6 Å². The average Bonchev–Trinajstić information content (AvgIpc) is 2.45. The number of ether oxygens (including phenoxy) is 2. The molecular weight excluding hydrogens is 292 g/mol. The lowest BCUT2D eigenvalue weighted by Gasteiger charge is -2.23. The minimum atomic E-state index is -0.121. The lowest BCUT2D eigenvalue weighted by Crippen LogP contribution is -2.46. The van der Waals surface area contributed by atoms with Gasteiger partial charge in [0.15, 0.2) is 0 Å². The van der Waals surface area contributed by atoms with Crippen molar-refractivity contribution in [2.75, 3.05) is 33.4 Å². The van der Waals surface area contributed by atoms with E-state index in [9.17, 15) is 4.79 Å². The molecule has 6 heteroatoms. The van der Waals surface area contributed by atoms with Crippen LogP contribution in [-0.4, -0.2) is 50.4 Å². The van der Waals surface area contributed by atoms with E-state index in [1.807, 2.05) is 26.0 Å². The molecule has 1 atom stereocenters. The number of hydrogen-bond donors (Lipinski definition) is 1. The topological polar surface area (TPSA) is 50.8 Å². The Hall–Kier alpha value is -1.46. The number of amides is 2. The van der Waals surface area contributed by atoms with Crippen LogP contribution in [0.1, 0.15) is 13.8 Å². The number of urea groups is 1. The fraction of sp³-hybridized carbons (Fsp3) is 0.533. The molecule has 118 valence electrons. The number of carbonyl (C=O) groups is 1. The molecule has 2 amide bonds. The minimum Gasteiger partial charge on any atom is -0.490 e. The fourth-order valence-electron chi connectivity index (χ4n) is 1.82. The van der Waals surface area contributed by atoms with E-state index in [1.54, 1.807) is 24.1 Å². The van der Waals surface area contributed by atoms with Crippen LogP contribution in [0.15, 0.2) is 24.3 Å². The molecule has 0 heterocycles. The molecule has 0 radical (unpaired) electrons. The van der Waals surface area contributed by atoms with Gasteiger partial charge < -0.3 is 19.7 Å². The summed E-state index contributed by atoms with van der Waals surface area (Å²) in [7, 11) is 1.61. The zero-order chi connectivity index (χ0) is 15.7. The van der Waals surface area contributed by atoms with E-state index < -0.39 is 0 Å². The molecule has 0 aromatic heterocycles. The van der Waals surface area contributed by atoms with E-state index in [2.05, 4.69) is 5.32 Å². The first-order valence-corrected chi connectivity index (χ1v) is 7.38. The van der Waals surface area contributed by atoms with Crippen LogP contribution in [-0.2, 0) is 4.74 Å². The molecule has 1 rings (SSSR count). The lowest BCUT2D eigenvalue weighted by molar-refractivity contribution is 0.155. The molecule has 5 nitrogen and oxygen atoms in total. The predicted octanol–water partition coefficient (Wildman–Crippen LogP) is 2.79. The maximum absolute atomic E-state index is 12.0. The van der Waals surface area contributed by atoms with E-state index in [1.165, 1.54) is 0 Å². The van der Waals surface area contributed by atoms with Crippen molar-refractivity contribution >= 4 is 17.6 Å². The summed E-state index contributed by atoms with van der Waals surface area (Å²) in [6.07, 6.45) is 0. The Labute approximate surface area is 131 Å². The van der Waals surface area contributed by atoms with Crippen molar-refractivity contribution in [3.05, 3.63) is 29.3 Å². The molecule has 0 aliphatic carbocycles. The van der Waals surface area contributed by atoms with E-state index in [4.69, 9.17) is 21.1 Å². The number of likely N-dealkylation sites (N-methyl/N-ethyl adjacent to an activating group) is 1. The molecule has 1 N–H and O–H groups in total. The maximum atomic E-state index is 12.0. The molecule has 0 spiro atoms. The number of nitrogens with one attached hydrogen (secondary N) is 1. The van der Waals surface area contributed by atoms with Crippen LogP contribution in [0.5, 0.6) is 5.75 Å². The van der Waals surface area contributed by atoms with Gasteiger partial charge in [-0.1, -0.05) is 23.7 Å². The smallest absolute Gasteiger partial charge is 0.317 e. The van der Waals surface area contributed by atoms with Crippen LogP contribution in [0, 0.1) is 0 Å². The highest BCUT2D eigenvalue weighted by atomic mass is 35.5. The van der Waals surface area contributed by atoms with Gasteiger partial charge in [0.2, 0.25) is 0 Å². The monoisotopic (exact) mass is 314 g/mol. The molecule has 21 heavy (non-hydrogen) atoms. The summed E-state index contributed by atoms with van der Waals surface area (Å²) in [5.74, 6) is 0.628. The second-order valence-corrected chi connectivity index (χ2v) is 5.07. The molecule has 0 fully saturated rings. The third-order valence-electron chi connectivity index (χ3n) is 2.91. The van der Waals surface area contributed by atoms with Crippen molar-refractivity contribution in [3.63, 3.8) is 0 Å². The van der Waals surface area contributed by atoms with Crippen molar-refractivity contribution in [1.29, 1.82) is 0 Å². The summed E-state index contributed by atoms with van der Waals surface area (Å²) in [6.45, 7) is 5.80. The van der Waals surface area contributed by atoms with Gasteiger partial charge in [0.05, 0.1) is 24.2 Å². The van der Waals surface area contributed by atoms with Gasteiger partial charge in [-0.05, 0) is 26.0 Å². The number of para-hydroxylation sites is 1. The third-order valence-corrected chi connectivity index (χ3v) is 3.22. The lowest BCUT2D eigenvalue weighted by atomic mass is 10.3. The van der Waals surface area contributed by atoms with Crippen LogP contribution in [0.2, 0.25) is 5.02 Å². The van der Waals surface area contributed by atoms with E-state index in [0.29, 0.717) is 37.1 Å². The summed E-state index contributed by atoms with van der Waals surface area (Å²) in [4.78, 5) is 13.7. The van der Waals surface area contributed by atoms with Gasteiger partial charge in [0, 0.05) is 13.7 Å². The zero-order valence-electron chi connectivity index (χ0n) is 12.8. The molecule has 0 bridgehead atoms. The highest BCUT2D eigenvalue weighted by molar-refractivity contribution is 6.32. The van der Waals surface area contributed by atoms with Gasteiger partial charge in [0.1, 0.15) is 12.4 Å². The molecule has 0 unspecified atom stereocenters. The number of methoxy groups -OCH3 is 1. The van der Waals surface area contributed by atoms with Crippen LogP contribution < -0.4 is 10.1 Å². The van der Waals surface area contributed by atoms with Gasteiger partial charge in [0.25, 0.3) is 0 Å². The van der Waals surface area contributed by atoms with Crippen molar-refractivity contribution in [3.8, 4) is 5.75 Å². The molecule has 0 aliphatic rings. The maximum Gasteiger partial charge on any atom is 0.317 e. The molecule has 0 saturated carbocycles. The first-order valence-electron chi connectivity index (χ1n) is 7.00. The number of nitrogens with zero attached hydrogens (tertiary/aromatic N) is 1. The van der Waals surface area contributed by atoms with Crippen molar-refractivity contribution < 1.29 is 14.3 Å². The standard InChI is InChI=1S/C15H23ClN2O3/c1-4-18(15(19)17-12(2)11-20-3)9-10-21-14-8-6-5-7-13(14)16/h5-8,12H,4,9-11H2,1-3H3,(H,17,19)/t12-/m1/s1. The second-order valence-electron chi connectivity index (χ2n) is 4.66. The van der Waals surface area contributed by atoms with Gasteiger partial charge in [-0.25, -0.2) is 4.79 Å². The number of carbonyl (C=O) groups excluding carboxylic acids is 1. The summed E-state index contributed by atoms with van der Waals surface area (Å²) >= 11 is 6.01. The van der Waals surface area contributed by atoms with Crippen molar-refractivity contribution in [2.45, 2.75) is 19.9 Å². The Kier molecular flexibility index (Phi) is 7.93. The van der Waals surface area contributed by atoms with Crippen molar-refractivity contribution in [1.82, 2.24) is 10.2 Å². The SMILES string of the molecule is CCN(CCOc1ccccc1Cl)C(=O)N[C@H](C)COC. The molecule has 0 saturated heterocycles. The van der Waals surface area contributed by atoms with Gasteiger partial charge in [-0.3, -0.25) is 0 Å². The number of halogens is 1. The summed E-state index contributed by atoms with van der Waals surface area (Å²) < 4.78 is 10.6. The zero-order valence-corrected chi connectivity index (χ0v) is 13.5. The van der Waals surface area contributed by atoms with E-state index in [0.717, 1.165) is 0 Å².